The summed E-state index contributed by atoms with van der Waals surface area (Å²) >= 11 is 4.97. The van der Waals surface area contributed by atoms with Gasteiger partial charge in [0.05, 0.1) is 6.20 Å². The van der Waals surface area contributed by atoms with Crippen molar-refractivity contribution in [2.75, 3.05) is 0 Å². The van der Waals surface area contributed by atoms with Gasteiger partial charge in [0.15, 0.2) is 11.5 Å². The zero-order valence-electron chi connectivity index (χ0n) is 6.07. The molecule has 0 aliphatic carbocycles. The van der Waals surface area contributed by atoms with Crippen molar-refractivity contribution in [2.24, 2.45) is 0 Å². The monoisotopic (exact) mass is 191 g/mol. The molecule has 0 saturated heterocycles. The van der Waals surface area contributed by atoms with Crippen molar-refractivity contribution in [1.29, 1.82) is 0 Å². The molecule has 0 spiro atoms. The number of rotatable bonds is 1. The minimum absolute atomic E-state index is 0.256. The predicted molar refractivity (Wildman–Crippen MR) is 39.1 cm³/mol. The minimum Gasteiger partial charge on any atom is -0.274 e. The van der Waals surface area contributed by atoms with E-state index in [1.807, 2.05) is 0 Å². The van der Waals surface area contributed by atoms with Crippen LogP contribution in [0, 0.1) is 18.6 Å². The molecule has 0 aromatic carbocycles. The topological polar surface area (TPSA) is 30.0 Å². The molecule has 64 valence electrons. The van der Waals surface area contributed by atoms with Crippen LogP contribution in [0.15, 0.2) is 6.20 Å². The van der Waals surface area contributed by atoms with E-state index >= 15 is 0 Å². The average Bonchev–Trinajstić information content (AvgIpc) is 2.00. The molecule has 0 atom stereocenters. The summed E-state index contributed by atoms with van der Waals surface area (Å²) in [5.41, 5.74) is -0.801. The van der Waals surface area contributed by atoms with Crippen LogP contribution in [0.3, 0.4) is 0 Å². The van der Waals surface area contributed by atoms with E-state index in [1.54, 1.807) is 0 Å². The maximum atomic E-state index is 12.9. The van der Waals surface area contributed by atoms with Crippen LogP contribution in [-0.2, 0) is 0 Å². The molecule has 0 radical (unpaired) electrons. The molecule has 1 aromatic heterocycles. The highest BCUT2D eigenvalue weighted by atomic mass is 35.5. The molecular weight excluding hydrogens is 188 g/mol. The summed E-state index contributed by atoms with van der Waals surface area (Å²) in [4.78, 5) is 13.7. The molecule has 0 aliphatic heterocycles. The molecule has 0 saturated carbocycles. The average molecular weight is 192 g/mol. The molecule has 0 fully saturated rings. The number of hydrogen-bond donors (Lipinski definition) is 0. The molecule has 12 heavy (non-hydrogen) atoms. The van der Waals surface area contributed by atoms with E-state index in [4.69, 9.17) is 11.6 Å². The zero-order chi connectivity index (χ0) is 9.30. The van der Waals surface area contributed by atoms with E-state index in [0.717, 1.165) is 6.20 Å². The highest BCUT2D eigenvalue weighted by Gasteiger charge is 2.15. The highest BCUT2D eigenvalue weighted by molar-refractivity contribution is 6.67. The number of pyridine rings is 1. The van der Waals surface area contributed by atoms with Crippen molar-refractivity contribution in [3.8, 4) is 0 Å². The second-order valence-corrected chi connectivity index (χ2v) is 2.51. The first-order valence-corrected chi connectivity index (χ1v) is 3.42. The van der Waals surface area contributed by atoms with Crippen LogP contribution in [0.25, 0.3) is 0 Å². The lowest BCUT2D eigenvalue weighted by Crippen LogP contribution is -2.03. The van der Waals surface area contributed by atoms with Crippen LogP contribution in [-0.4, -0.2) is 10.2 Å². The quantitative estimate of drug-likeness (QED) is 0.636. The van der Waals surface area contributed by atoms with Crippen LogP contribution in [0.1, 0.15) is 16.1 Å². The van der Waals surface area contributed by atoms with Gasteiger partial charge in [0.25, 0.3) is 5.24 Å². The summed E-state index contributed by atoms with van der Waals surface area (Å²) in [7, 11) is 0. The van der Waals surface area contributed by atoms with E-state index < -0.39 is 22.6 Å². The lowest BCUT2D eigenvalue weighted by molar-refractivity contribution is 0.107. The molecular formula is C7H4ClF2NO. The lowest BCUT2D eigenvalue weighted by atomic mass is 10.2. The summed E-state index contributed by atoms with van der Waals surface area (Å²) in [6.45, 7) is 1.20. The summed E-state index contributed by atoms with van der Waals surface area (Å²) < 4.78 is 25.5. The van der Waals surface area contributed by atoms with Gasteiger partial charge in [-0.1, -0.05) is 0 Å². The molecule has 1 heterocycles. The number of halogens is 3. The van der Waals surface area contributed by atoms with Crippen molar-refractivity contribution in [3.05, 3.63) is 29.1 Å². The second kappa shape index (κ2) is 3.15. The summed E-state index contributed by atoms with van der Waals surface area (Å²) in [6.07, 6.45) is 0.758. The molecule has 0 N–H and O–H groups in total. The first-order valence-electron chi connectivity index (χ1n) is 3.04. The van der Waals surface area contributed by atoms with Crippen LogP contribution in [0.2, 0.25) is 0 Å². The fourth-order valence-electron chi connectivity index (χ4n) is 0.694. The Morgan fingerprint density at radius 1 is 1.58 bits per heavy atom. The second-order valence-electron chi connectivity index (χ2n) is 2.17. The largest absolute Gasteiger partial charge is 0.274 e. The third kappa shape index (κ3) is 1.43. The predicted octanol–water partition coefficient (Wildman–Crippen LogP) is 2.05. The van der Waals surface area contributed by atoms with E-state index in [2.05, 4.69) is 4.98 Å². The first kappa shape index (κ1) is 9.06. The number of hydrogen-bond acceptors (Lipinski definition) is 2. The van der Waals surface area contributed by atoms with Crippen molar-refractivity contribution in [1.82, 2.24) is 4.98 Å². The minimum atomic E-state index is -1.03. The van der Waals surface area contributed by atoms with Gasteiger partial charge in [-0.05, 0) is 18.5 Å². The maximum Gasteiger partial charge on any atom is 0.273 e. The Morgan fingerprint density at radius 2 is 2.17 bits per heavy atom. The number of carbonyl (C=O) groups is 1. The third-order valence-corrected chi connectivity index (χ3v) is 1.57. The number of nitrogens with zero attached hydrogens (tertiary/aromatic N) is 1. The molecule has 1 aromatic rings. The van der Waals surface area contributed by atoms with Crippen molar-refractivity contribution in [2.45, 2.75) is 6.92 Å². The smallest absolute Gasteiger partial charge is 0.273 e. The molecule has 2 nitrogen and oxygen atoms in total. The molecule has 1 rings (SSSR count). The van der Waals surface area contributed by atoms with Gasteiger partial charge in [0.1, 0.15) is 5.82 Å². The van der Waals surface area contributed by atoms with Gasteiger partial charge in [-0.15, -0.1) is 0 Å². The Hall–Kier alpha value is -1.03. The van der Waals surface area contributed by atoms with Gasteiger partial charge in [0.2, 0.25) is 0 Å². The Morgan fingerprint density at radius 3 is 2.67 bits per heavy atom. The summed E-state index contributed by atoms with van der Waals surface area (Å²) in [5.74, 6) is -1.80. The highest BCUT2D eigenvalue weighted by Crippen LogP contribution is 2.14. The van der Waals surface area contributed by atoms with Crippen LogP contribution in [0.4, 0.5) is 8.78 Å². The fraction of sp³-hybridized carbons (Fsp3) is 0.143. The van der Waals surface area contributed by atoms with Gasteiger partial charge in [0, 0.05) is 5.56 Å². The molecule has 0 unspecified atom stereocenters. The van der Waals surface area contributed by atoms with E-state index in [1.165, 1.54) is 6.92 Å². The van der Waals surface area contributed by atoms with Gasteiger partial charge >= 0.3 is 0 Å². The van der Waals surface area contributed by atoms with Gasteiger partial charge < -0.3 is 0 Å². The molecule has 0 amide bonds. The Kier molecular flexibility index (Phi) is 2.38. The van der Waals surface area contributed by atoms with Gasteiger partial charge in [-0.25, -0.2) is 13.8 Å². The third-order valence-electron chi connectivity index (χ3n) is 1.39. The van der Waals surface area contributed by atoms with Crippen LogP contribution in [0.5, 0.6) is 0 Å². The lowest BCUT2D eigenvalue weighted by Gasteiger charge is -1.99. The normalized spacial score (nSPS) is 10.0. The molecule has 0 bridgehead atoms. The first-order chi connectivity index (χ1) is 5.54. The van der Waals surface area contributed by atoms with Gasteiger partial charge in [-0.3, -0.25) is 4.79 Å². The van der Waals surface area contributed by atoms with Gasteiger partial charge in [-0.2, -0.15) is 0 Å². The summed E-state index contributed by atoms with van der Waals surface area (Å²) in [5, 5.41) is -1.03. The number of aromatic nitrogens is 1. The standard InChI is InChI=1S/C7H4ClF2NO/c1-3-4(9)2-11-6(5(3)10)7(8)12/h2H,1H3. The van der Waals surface area contributed by atoms with E-state index in [9.17, 15) is 13.6 Å². The zero-order valence-corrected chi connectivity index (χ0v) is 6.82. The van der Waals surface area contributed by atoms with E-state index in [-0.39, 0.29) is 5.56 Å². The van der Waals surface area contributed by atoms with Crippen LogP contribution >= 0.6 is 11.6 Å². The Labute approximate surface area is 72.2 Å². The SMILES string of the molecule is Cc1c(F)cnc(C(=O)Cl)c1F. The van der Waals surface area contributed by atoms with Crippen LogP contribution < -0.4 is 0 Å². The van der Waals surface area contributed by atoms with Crippen molar-refractivity contribution in [3.63, 3.8) is 0 Å². The van der Waals surface area contributed by atoms with Crippen molar-refractivity contribution >= 4 is 16.8 Å². The molecule has 5 heteroatoms. The Balaban J connectivity index is 3.36. The maximum absolute atomic E-state index is 12.9. The number of carbonyl (C=O) groups excluding carboxylic acids is 1. The van der Waals surface area contributed by atoms with Crippen molar-refractivity contribution < 1.29 is 13.6 Å². The fourth-order valence-corrected chi connectivity index (χ4v) is 0.826. The van der Waals surface area contributed by atoms with E-state index in [0.29, 0.717) is 0 Å². The Bertz CT molecular complexity index is 340. The molecule has 0 aliphatic rings. The summed E-state index contributed by atoms with van der Waals surface area (Å²) in [6, 6.07) is 0.